The fourth-order valence-electron chi connectivity index (χ4n) is 1.49. The molecule has 0 unspecified atom stereocenters. The van der Waals surface area contributed by atoms with E-state index in [4.69, 9.17) is 5.73 Å². The van der Waals surface area contributed by atoms with Crippen molar-refractivity contribution in [3.63, 3.8) is 0 Å². The Kier molecular flexibility index (Phi) is 5.12. The van der Waals surface area contributed by atoms with Crippen LogP contribution in [0.25, 0.3) is 0 Å². The third-order valence-electron chi connectivity index (χ3n) is 2.72. The van der Waals surface area contributed by atoms with Crippen LogP contribution in [0.1, 0.15) is 25.5 Å². The molecule has 0 heterocycles. The average molecular weight is 236 g/mol. The molecule has 0 spiro atoms. The molecule has 94 valence electrons. The molecule has 0 radical (unpaired) electrons. The van der Waals surface area contributed by atoms with Gasteiger partial charge < -0.3 is 16.2 Å². The number of nitrogens with two attached hydrogens (primary N) is 1. The van der Waals surface area contributed by atoms with Crippen LogP contribution in [-0.2, 0) is 4.79 Å². The zero-order valence-corrected chi connectivity index (χ0v) is 10.3. The normalized spacial score (nSPS) is 14.4. The van der Waals surface area contributed by atoms with Crippen molar-refractivity contribution in [2.24, 2.45) is 11.7 Å². The summed E-state index contributed by atoms with van der Waals surface area (Å²) in [5.41, 5.74) is 6.62. The number of rotatable bonds is 5. The maximum atomic E-state index is 11.8. The second kappa shape index (κ2) is 6.37. The number of hydrogen-bond donors (Lipinski definition) is 3. The topological polar surface area (TPSA) is 75.4 Å². The van der Waals surface area contributed by atoms with Crippen LogP contribution in [0.5, 0.6) is 0 Å². The lowest BCUT2D eigenvalue weighted by Crippen LogP contribution is -2.45. The van der Waals surface area contributed by atoms with E-state index in [2.05, 4.69) is 5.32 Å². The van der Waals surface area contributed by atoms with Crippen molar-refractivity contribution in [2.45, 2.75) is 25.9 Å². The maximum Gasteiger partial charge on any atom is 0.237 e. The van der Waals surface area contributed by atoms with Crippen LogP contribution >= 0.6 is 0 Å². The molecule has 17 heavy (non-hydrogen) atoms. The average Bonchev–Trinajstić information content (AvgIpc) is 2.35. The fourth-order valence-corrected chi connectivity index (χ4v) is 1.49. The summed E-state index contributed by atoms with van der Waals surface area (Å²) in [4.78, 5) is 11.8. The standard InChI is InChI=1S/C13H20N2O2/c1-9(2)12(14)13(17)15-11(8-16)10-6-4-3-5-7-10/h3-7,9,11-12,16H,8,14H2,1-2H3,(H,15,17)/t11-,12-/m0/s1. The van der Waals surface area contributed by atoms with Gasteiger partial charge in [0.15, 0.2) is 0 Å². The Morgan fingerprint density at radius 1 is 1.35 bits per heavy atom. The van der Waals surface area contributed by atoms with Gasteiger partial charge in [0.2, 0.25) is 5.91 Å². The van der Waals surface area contributed by atoms with Crippen molar-refractivity contribution >= 4 is 5.91 Å². The highest BCUT2D eigenvalue weighted by molar-refractivity contribution is 5.82. The van der Waals surface area contributed by atoms with Gasteiger partial charge in [0.05, 0.1) is 18.7 Å². The zero-order chi connectivity index (χ0) is 12.8. The molecule has 1 rings (SSSR count). The van der Waals surface area contributed by atoms with Gasteiger partial charge >= 0.3 is 0 Å². The van der Waals surface area contributed by atoms with E-state index in [0.29, 0.717) is 0 Å². The number of carbonyl (C=O) groups excluding carboxylic acids is 1. The number of carbonyl (C=O) groups is 1. The monoisotopic (exact) mass is 236 g/mol. The van der Waals surface area contributed by atoms with E-state index in [9.17, 15) is 9.90 Å². The van der Waals surface area contributed by atoms with E-state index in [0.717, 1.165) is 5.56 Å². The Balaban J connectivity index is 2.68. The summed E-state index contributed by atoms with van der Waals surface area (Å²) in [6.07, 6.45) is 0. The molecule has 1 aromatic carbocycles. The van der Waals surface area contributed by atoms with Gasteiger partial charge in [0, 0.05) is 0 Å². The number of aliphatic hydroxyl groups is 1. The first-order valence-corrected chi connectivity index (χ1v) is 5.78. The highest BCUT2D eigenvalue weighted by atomic mass is 16.3. The van der Waals surface area contributed by atoms with Gasteiger partial charge in [-0.1, -0.05) is 44.2 Å². The minimum absolute atomic E-state index is 0.0742. The molecule has 2 atom stereocenters. The van der Waals surface area contributed by atoms with Gasteiger partial charge in [-0.15, -0.1) is 0 Å². The quantitative estimate of drug-likeness (QED) is 0.708. The molecular weight excluding hydrogens is 216 g/mol. The Hall–Kier alpha value is -1.39. The van der Waals surface area contributed by atoms with Gasteiger partial charge in [0.25, 0.3) is 0 Å². The predicted octanol–water partition coefficient (Wildman–Crippen LogP) is 0.819. The fraction of sp³-hybridized carbons (Fsp3) is 0.462. The molecule has 4 nitrogen and oxygen atoms in total. The Labute approximate surface area is 102 Å². The van der Waals surface area contributed by atoms with Gasteiger partial charge in [-0.2, -0.15) is 0 Å². The minimum Gasteiger partial charge on any atom is -0.394 e. The van der Waals surface area contributed by atoms with Crippen LogP contribution in [-0.4, -0.2) is 23.7 Å². The third kappa shape index (κ3) is 3.84. The molecule has 0 saturated carbocycles. The summed E-state index contributed by atoms with van der Waals surface area (Å²) in [5, 5.41) is 12.0. The first kappa shape index (κ1) is 13.7. The summed E-state index contributed by atoms with van der Waals surface area (Å²) in [5.74, 6) is -0.159. The third-order valence-corrected chi connectivity index (χ3v) is 2.72. The van der Waals surface area contributed by atoms with E-state index in [1.165, 1.54) is 0 Å². The summed E-state index contributed by atoms with van der Waals surface area (Å²) < 4.78 is 0. The molecule has 0 saturated heterocycles. The van der Waals surface area contributed by atoms with Crippen LogP contribution in [0.2, 0.25) is 0 Å². The van der Waals surface area contributed by atoms with E-state index in [1.807, 2.05) is 44.2 Å². The molecular formula is C13H20N2O2. The molecule has 0 fully saturated rings. The number of aliphatic hydroxyl groups excluding tert-OH is 1. The predicted molar refractivity (Wildman–Crippen MR) is 67.2 cm³/mol. The molecule has 0 aliphatic rings. The lowest BCUT2D eigenvalue weighted by Gasteiger charge is -2.21. The van der Waals surface area contributed by atoms with Crippen LogP contribution in [0.4, 0.5) is 0 Å². The highest BCUT2D eigenvalue weighted by Crippen LogP contribution is 2.12. The highest BCUT2D eigenvalue weighted by Gasteiger charge is 2.20. The number of amides is 1. The molecule has 0 aromatic heterocycles. The van der Waals surface area contributed by atoms with Crippen LogP contribution in [0.15, 0.2) is 30.3 Å². The molecule has 4 N–H and O–H groups in total. The summed E-state index contributed by atoms with van der Waals surface area (Å²) in [7, 11) is 0. The first-order chi connectivity index (χ1) is 8.06. The first-order valence-electron chi connectivity index (χ1n) is 5.78. The van der Waals surface area contributed by atoms with Crippen molar-refractivity contribution in [3.05, 3.63) is 35.9 Å². The molecule has 0 bridgehead atoms. The van der Waals surface area contributed by atoms with Crippen molar-refractivity contribution < 1.29 is 9.90 Å². The Morgan fingerprint density at radius 2 is 1.94 bits per heavy atom. The Bertz CT molecular complexity index is 352. The minimum atomic E-state index is -0.548. The lowest BCUT2D eigenvalue weighted by molar-refractivity contribution is -0.124. The zero-order valence-electron chi connectivity index (χ0n) is 10.3. The van der Waals surface area contributed by atoms with Gasteiger partial charge in [-0.25, -0.2) is 0 Å². The molecule has 1 amide bonds. The lowest BCUT2D eigenvalue weighted by atomic mass is 10.0. The van der Waals surface area contributed by atoms with E-state index >= 15 is 0 Å². The second-order valence-corrected chi connectivity index (χ2v) is 4.42. The maximum absolute atomic E-state index is 11.8. The van der Waals surface area contributed by atoms with Crippen molar-refractivity contribution in [1.29, 1.82) is 0 Å². The molecule has 0 aliphatic carbocycles. The van der Waals surface area contributed by atoms with Crippen molar-refractivity contribution in [3.8, 4) is 0 Å². The van der Waals surface area contributed by atoms with Crippen LogP contribution < -0.4 is 11.1 Å². The van der Waals surface area contributed by atoms with Crippen LogP contribution in [0.3, 0.4) is 0 Å². The summed E-state index contributed by atoms with van der Waals surface area (Å²) >= 11 is 0. The van der Waals surface area contributed by atoms with E-state index in [-0.39, 0.29) is 18.4 Å². The summed E-state index contributed by atoms with van der Waals surface area (Å²) in [6, 6.07) is 8.41. The number of benzene rings is 1. The largest absolute Gasteiger partial charge is 0.394 e. The molecule has 1 aromatic rings. The van der Waals surface area contributed by atoms with E-state index < -0.39 is 12.1 Å². The van der Waals surface area contributed by atoms with E-state index in [1.54, 1.807) is 0 Å². The Morgan fingerprint density at radius 3 is 2.41 bits per heavy atom. The molecule has 0 aliphatic heterocycles. The van der Waals surface area contributed by atoms with Crippen LogP contribution in [0, 0.1) is 5.92 Å². The van der Waals surface area contributed by atoms with Crippen molar-refractivity contribution in [1.82, 2.24) is 5.32 Å². The number of nitrogens with one attached hydrogen (secondary N) is 1. The van der Waals surface area contributed by atoms with Gasteiger partial charge in [-0.3, -0.25) is 4.79 Å². The van der Waals surface area contributed by atoms with Gasteiger partial charge in [-0.05, 0) is 11.5 Å². The number of hydrogen-bond acceptors (Lipinski definition) is 3. The van der Waals surface area contributed by atoms with Gasteiger partial charge in [0.1, 0.15) is 0 Å². The summed E-state index contributed by atoms with van der Waals surface area (Å²) in [6.45, 7) is 3.64. The smallest absolute Gasteiger partial charge is 0.237 e. The SMILES string of the molecule is CC(C)[C@H](N)C(=O)N[C@@H](CO)c1ccccc1. The second-order valence-electron chi connectivity index (χ2n) is 4.42. The van der Waals surface area contributed by atoms with Crippen molar-refractivity contribution in [2.75, 3.05) is 6.61 Å². The molecule has 4 heteroatoms.